The number of methoxy groups -OCH3 is 1. The predicted octanol–water partition coefficient (Wildman–Crippen LogP) is 3.65. The van der Waals surface area contributed by atoms with Gasteiger partial charge in [0.1, 0.15) is 0 Å². The van der Waals surface area contributed by atoms with Crippen molar-refractivity contribution >= 4 is 24.3 Å². The summed E-state index contributed by atoms with van der Waals surface area (Å²) in [4.78, 5) is 11.9. The van der Waals surface area contributed by atoms with Crippen molar-refractivity contribution in [3.63, 3.8) is 0 Å². The normalized spacial score (nSPS) is 22.7. The number of carbonyl (C=O) groups is 1. The Morgan fingerprint density at radius 2 is 1.91 bits per heavy atom. The fourth-order valence-corrected chi connectivity index (χ4v) is 5.84. The van der Waals surface area contributed by atoms with E-state index in [1.807, 2.05) is 60.1 Å². The molecule has 2 aromatic rings. The summed E-state index contributed by atoms with van der Waals surface area (Å²) in [5.74, 6) is -0.301. The number of rotatable bonds is 3. The molecule has 3 rings (SSSR count). The number of ether oxygens (including phenoxy) is 1. The Kier molecular flexibility index (Phi) is 4.03. The van der Waals surface area contributed by atoms with E-state index in [0.29, 0.717) is 0 Å². The first kappa shape index (κ1) is 15.8. The van der Waals surface area contributed by atoms with E-state index in [4.69, 9.17) is 4.74 Å². The predicted molar refractivity (Wildman–Crippen MR) is 92.6 cm³/mol. The number of hydrogen-bond donors (Lipinski definition) is 0. The third-order valence-electron chi connectivity index (χ3n) is 4.30. The fourth-order valence-electron chi connectivity index (χ4n) is 3.25. The van der Waals surface area contributed by atoms with Gasteiger partial charge in [0, 0.05) is 17.7 Å². The summed E-state index contributed by atoms with van der Waals surface area (Å²) in [5, 5.41) is 0.834. The number of hydrogen-bond acceptors (Lipinski definition) is 3. The summed E-state index contributed by atoms with van der Waals surface area (Å²) in [5.41, 5.74) is 2.92. The van der Waals surface area contributed by atoms with Crippen LogP contribution in [0.4, 0.5) is 5.69 Å². The Labute approximate surface area is 136 Å². The van der Waals surface area contributed by atoms with E-state index in [-0.39, 0.29) is 18.4 Å². The molecular formula is C18H20NO3P. The molecule has 0 aromatic heterocycles. The SMILES string of the molecule is COC(=O)CC1c2cc(C)ccc2P(C)(=O)N1c1ccccc1. The van der Waals surface area contributed by atoms with Crippen LogP contribution in [0.25, 0.3) is 0 Å². The molecule has 1 aliphatic rings. The minimum absolute atomic E-state index is 0.180. The van der Waals surface area contributed by atoms with Crippen LogP contribution in [0.1, 0.15) is 23.6 Å². The third kappa shape index (κ3) is 2.68. The zero-order valence-electron chi connectivity index (χ0n) is 13.5. The van der Waals surface area contributed by atoms with E-state index in [9.17, 15) is 9.36 Å². The van der Waals surface area contributed by atoms with E-state index >= 15 is 0 Å². The van der Waals surface area contributed by atoms with Crippen molar-refractivity contribution in [2.75, 3.05) is 18.4 Å². The largest absolute Gasteiger partial charge is 0.469 e. The summed E-state index contributed by atoms with van der Waals surface area (Å²) in [6.07, 6.45) is 0.180. The van der Waals surface area contributed by atoms with Crippen LogP contribution in [-0.2, 0) is 14.1 Å². The maximum atomic E-state index is 13.5. The third-order valence-corrected chi connectivity index (χ3v) is 6.94. The average molecular weight is 329 g/mol. The number of esters is 1. The monoisotopic (exact) mass is 329 g/mol. The lowest BCUT2D eigenvalue weighted by Gasteiger charge is -2.30. The zero-order valence-corrected chi connectivity index (χ0v) is 14.4. The van der Waals surface area contributed by atoms with Gasteiger partial charge in [0.2, 0.25) is 0 Å². The first-order valence-electron chi connectivity index (χ1n) is 7.55. The Morgan fingerprint density at radius 1 is 1.22 bits per heavy atom. The quantitative estimate of drug-likeness (QED) is 0.637. The van der Waals surface area contributed by atoms with Crippen molar-refractivity contribution in [1.82, 2.24) is 0 Å². The summed E-state index contributed by atoms with van der Waals surface area (Å²) < 4.78 is 20.3. The van der Waals surface area contributed by atoms with Crippen LogP contribution < -0.4 is 9.97 Å². The van der Waals surface area contributed by atoms with E-state index in [0.717, 1.165) is 22.1 Å². The molecule has 4 nitrogen and oxygen atoms in total. The van der Waals surface area contributed by atoms with Gasteiger partial charge >= 0.3 is 5.97 Å². The molecule has 0 radical (unpaired) electrons. The fraction of sp³-hybridized carbons (Fsp3) is 0.278. The highest BCUT2D eigenvalue weighted by Crippen LogP contribution is 2.59. The van der Waals surface area contributed by atoms with Gasteiger partial charge in [0.15, 0.2) is 7.29 Å². The van der Waals surface area contributed by atoms with Gasteiger partial charge in [0.25, 0.3) is 0 Å². The first-order valence-corrected chi connectivity index (χ1v) is 9.66. The first-order chi connectivity index (χ1) is 10.9. The lowest BCUT2D eigenvalue weighted by atomic mass is 10.0. The molecule has 2 atom stereocenters. The summed E-state index contributed by atoms with van der Waals surface area (Å²) >= 11 is 0. The number of aryl methyl sites for hydroxylation is 1. The van der Waals surface area contributed by atoms with Crippen LogP contribution in [0.5, 0.6) is 0 Å². The molecule has 1 heterocycles. The van der Waals surface area contributed by atoms with Crippen molar-refractivity contribution in [3.8, 4) is 0 Å². The van der Waals surface area contributed by atoms with Gasteiger partial charge in [-0.1, -0.05) is 35.9 Å². The molecule has 1 aliphatic heterocycles. The van der Waals surface area contributed by atoms with Gasteiger partial charge < -0.3 is 9.41 Å². The molecule has 2 aromatic carbocycles. The van der Waals surface area contributed by atoms with E-state index in [1.165, 1.54) is 7.11 Å². The number of benzene rings is 2. The molecule has 5 heteroatoms. The average Bonchev–Trinajstić information content (AvgIpc) is 2.75. The van der Waals surface area contributed by atoms with Crippen LogP contribution in [0.2, 0.25) is 0 Å². The van der Waals surface area contributed by atoms with E-state index < -0.39 is 7.29 Å². The van der Waals surface area contributed by atoms with Gasteiger partial charge in [-0.3, -0.25) is 9.36 Å². The maximum absolute atomic E-state index is 13.5. The maximum Gasteiger partial charge on any atom is 0.307 e. The van der Waals surface area contributed by atoms with E-state index in [2.05, 4.69) is 0 Å². The Morgan fingerprint density at radius 3 is 2.57 bits per heavy atom. The minimum atomic E-state index is -2.78. The molecule has 2 unspecified atom stereocenters. The second-order valence-electron chi connectivity index (χ2n) is 5.92. The second kappa shape index (κ2) is 5.86. The smallest absolute Gasteiger partial charge is 0.307 e. The highest BCUT2D eigenvalue weighted by molar-refractivity contribution is 7.73. The van der Waals surface area contributed by atoms with Crippen molar-refractivity contribution in [3.05, 3.63) is 59.7 Å². The molecule has 0 bridgehead atoms. The van der Waals surface area contributed by atoms with Crippen molar-refractivity contribution < 1.29 is 14.1 Å². The van der Waals surface area contributed by atoms with Crippen LogP contribution in [0.15, 0.2) is 48.5 Å². The number of anilines is 1. The zero-order chi connectivity index (χ0) is 16.6. The molecule has 0 fully saturated rings. The highest BCUT2D eigenvalue weighted by atomic mass is 31.2. The lowest BCUT2D eigenvalue weighted by molar-refractivity contribution is -0.141. The molecule has 0 N–H and O–H groups in total. The molecule has 0 saturated carbocycles. The highest BCUT2D eigenvalue weighted by Gasteiger charge is 2.44. The van der Waals surface area contributed by atoms with Crippen LogP contribution in [-0.4, -0.2) is 19.7 Å². The van der Waals surface area contributed by atoms with Gasteiger partial charge in [-0.2, -0.15) is 0 Å². The molecule has 0 aliphatic carbocycles. The number of fused-ring (bicyclic) bond motifs is 1. The summed E-state index contributed by atoms with van der Waals surface area (Å²) in [6.45, 7) is 3.77. The molecule has 0 saturated heterocycles. The summed E-state index contributed by atoms with van der Waals surface area (Å²) in [6, 6.07) is 15.3. The van der Waals surface area contributed by atoms with Gasteiger partial charge in [-0.05, 0) is 30.7 Å². The van der Waals surface area contributed by atoms with Crippen molar-refractivity contribution in [1.29, 1.82) is 0 Å². The number of nitrogens with zero attached hydrogens (tertiary/aromatic N) is 1. The topological polar surface area (TPSA) is 46.6 Å². The van der Waals surface area contributed by atoms with Gasteiger partial charge in [-0.15, -0.1) is 0 Å². The van der Waals surface area contributed by atoms with Crippen LogP contribution in [0, 0.1) is 6.92 Å². The van der Waals surface area contributed by atoms with Crippen molar-refractivity contribution in [2.45, 2.75) is 19.4 Å². The number of carbonyl (C=O) groups excluding carboxylic acids is 1. The number of para-hydroxylation sites is 1. The second-order valence-corrected chi connectivity index (χ2v) is 8.59. The molecule has 0 spiro atoms. The van der Waals surface area contributed by atoms with Crippen molar-refractivity contribution in [2.24, 2.45) is 0 Å². The Balaban J connectivity index is 2.17. The molecule has 120 valence electrons. The van der Waals surface area contributed by atoms with Gasteiger partial charge in [0.05, 0.1) is 19.6 Å². The van der Waals surface area contributed by atoms with E-state index in [1.54, 1.807) is 6.66 Å². The van der Waals surface area contributed by atoms with Gasteiger partial charge in [-0.25, -0.2) is 0 Å². The molecule has 23 heavy (non-hydrogen) atoms. The Hall–Kier alpha value is -2.06. The summed E-state index contributed by atoms with van der Waals surface area (Å²) in [7, 11) is -1.40. The molecular weight excluding hydrogens is 309 g/mol. The lowest BCUT2D eigenvalue weighted by Crippen LogP contribution is -2.23. The minimum Gasteiger partial charge on any atom is -0.469 e. The molecule has 0 amide bonds. The standard InChI is InChI=1S/C18H20NO3P/c1-13-9-10-17-15(11-13)16(12-18(20)22-2)19(23(17,3)21)14-7-5-4-6-8-14/h4-11,16H,12H2,1-3H3. The van der Waals surface area contributed by atoms with Crippen LogP contribution in [0.3, 0.4) is 0 Å². The van der Waals surface area contributed by atoms with Crippen LogP contribution >= 0.6 is 7.29 Å². The Bertz CT molecular complexity index is 788.